The summed E-state index contributed by atoms with van der Waals surface area (Å²) in [6.45, 7) is 0.929. The van der Waals surface area contributed by atoms with Gasteiger partial charge in [-0.15, -0.1) is 0 Å². The van der Waals surface area contributed by atoms with Crippen molar-refractivity contribution in [2.75, 3.05) is 13.7 Å². The van der Waals surface area contributed by atoms with Gasteiger partial charge in [0.15, 0.2) is 12.4 Å². The molecule has 9 heteroatoms. The molecule has 1 aromatic heterocycles. The number of rotatable bonds is 6. The lowest BCUT2D eigenvalue weighted by Crippen LogP contribution is -2.55. The SMILES string of the molecule is Cc1csc(=O)n1CC(=O)OCC(=O)N(C)C1(c2ccccc2Cl)CCCCC1=O. The number of Topliss-reactive ketones (excluding diaryl/α,β-unsaturated/α-hetero) is 1. The number of ether oxygens (including phenoxy) is 1. The molecule has 0 N–H and O–H groups in total. The number of aromatic nitrogens is 1. The third-order valence-corrected chi connectivity index (χ3v) is 6.75. The van der Waals surface area contributed by atoms with Crippen LogP contribution in [-0.4, -0.2) is 40.8 Å². The molecule has 3 rings (SSSR count). The highest BCUT2D eigenvalue weighted by Crippen LogP contribution is 2.42. The smallest absolute Gasteiger partial charge is 0.326 e. The molecule has 1 aliphatic rings. The lowest BCUT2D eigenvalue weighted by Gasteiger charge is -2.43. The first kappa shape index (κ1) is 22.2. The van der Waals surface area contributed by atoms with Crippen LogP contribution in [0.15, 0.2) is 34.4 Å². The van der Waals surface area contributed by atoms with Crippen molar-refractivity contribution in [3.63, 3.8) is 0 Å². The van der Waals surface area contributed by atoms with E-state index in [2.05, 4.69) is 0 Å². The van der Waals surface area contributed by atoms with E-state index in [-0.39, 0.29) is 17.2 Å². The monoisotopic (exact) mass is 450 g/mol. The number of esters is 1. The first-order chi connectivity index (χ1) is 14.3. The summed E-state index contributed by atoms with van der Waals surface area (Å²) >= 11 is 7.39. The van der Waals surface area contributed by atoms with Gasteiger partial charge in [-0.25, -0.2) is 0 Å². The summed E-state index contributed by atoms with van der Waals surface area (Å²) in [6, 6.07) is 7.00. The Morgan fingerprint density at radius 1 is 1.27 bits per heavy atom. The van der Waals surface area contributed by atoms with E-state index in [4.69, 9.17) is 16.3 Å². The number of halogens is 1. The van der Waals surface area contributed by atoms with Crippen molar-refractivity contribution in [1.29, 1.82) is 0 Å². The zero-order valence-corrected chi connectivity index (χ0v) is 18.4. The normalized spacial score (nSPS) is 18.8. The Morgan fingerprint density at radius 3 is 2.63 bits per heavy atom. The Hall–Kier alpha value is -2.45. The fraction of sp³-hybridized carbons (Fsp3) is 0.429. The van der Waals surface area contributed by atoms with E-state index in [1.807, 2.05) is 0 Å². The lowest BCUT2D eigenvalue weighted by molar-refractivity contribution is -0.158. The molecule has 1 heterocycles. The van der Waals surface area contributed by atoms with Gasteiger partial charge in [-0.2, -0.15) is 0 Å². The molecule has 0 saturated heterocycles. The number of hydrogen-bond donors (Lipinski definition) is 0. The Morgan fingerprint density at radius 2 is 2.00 bits per heavy atom. The van der Waals surface area contributed by atoms with Crippen LogP contribution < -0.4 is 4.87 Å². The first-order valence-electron chi connectivity index (χ1n) is 9.63. The van der Waals surface area contributed by atoms with Crippen LogP contribution in [0.1, 0.15) is 36.9 Å². The Bertz CT molecular complexity index is 1030. The molecule has 0 aliphatic heterocycles. The second-order valence-corrected chi connectivity index (χ2v) is 8.54. The molecule has 1 unspecified atom stereocenters. The molecule has 1 aliphatic carbocycles. The molecule has 160 valence electrons. The number of thiazole rings is 1. The number of likely N-dealkylation sites (N-methyl/N-ethyl adjacent to an activating group) is 1. The van der Waals surface area contributed by atoms with Gasteiger partial charge in [0, 0.05) is 35.1 Å². The molecule has 7 nitrogen and oxygen atoms in total. The summed E-state index contributed by atoms with van der Waals surface area (Å²) in [7, 11) is 1.54. The van der Waals surface area contributed by atoms with Crippen LogP contribution in [0.4, 0.5) is 0 Å². The molecule has 30 heavy (non-hydrogen) atoms. The molecule has 1 fully saturated rings. The molecule has 1 saturated carbocycles. The van der Waals surface area contributed by atoms with Gasteiger partial charge in [0.05, 0.1) is 0 Å². The molecule has 1 amide bonds. The van der Waals surface area contributed by atoms with Gasteiger partial charge in [0.1, 0.15) is 12.1 Å². The van der Waals surface area contributed by atoms with Crippen LogP contribution in [-0.2, 0) is 31.2 Å². The number of ketones is 1. The number of benzene rings is 1. The molecule has 0 spiro atoms. The zero-order chi connectivity index (χ0) is 21.9. The number of hydrogen-bond acceptors (Lipinski definition) is 6. The molecule has 2 aromatic rings. The maximum atomic E-state index is 13.0. The number of carbonyl (C=O) groups excluding carboxylic acids is 3. The average Bonchev–Trinajstić information content (AvgIpc) is 3.04. The third kappa shape index (κ3) is 4.20. The van der Waals surface area contributed by atoms with Crippen molar-refractivity contribution < 1.29 is 19.1 Å². The fourth-order valence-corrected chi connectivity index (χ4v) is 4.88. The standard InChI is InChI=1S/C21H23ClN2O5S/c1-14-13-30-20(28)24(14)11-19(27)29-12-18(26)23(2)21(10-6-5-9-17(21)25)15-7-3-4-8-16(15)22/h3-4,7-8,13H,5-6,9-12H2,1-2H3. The Labute approximate surface area is 183 Å². The van der Waals surface area contributed by atoms with Crippen molar-refractivity contribution >= 4 is 40.6 Å². The number of carbonyl (C=O) groups is 3. The molecular weight excluding hydrogens is 428 g/mol. The third-order valence-electron chi connectivity index (χ3n) is 5.54. The van der Waals surface area contributed by atoms with E-state index >= 15 is 0 Å². The number of nitrogens with zero attached hydrogens (tertiary/aromatic N) is 2. The van der Waals surface area contributed by atoms with E-state index in [0.717, 1.165) is 24.2 Å². The summed E-state index contributed by atoms with van der Waals surface area (Å²) in [4.78, 5) is 50.9. The van der Waals surface area contributed by atoms with E-state index in [0.29, 0.717) is 29.1 Å². The summed E-state index contributed by atoms with van der Waals surface area (Å²) in [6.07, 6.45) is 2.34. The predicted octanol–water partition coefficient (Wildman–Crippen LogP) is 2.91. The van der Waals surface area contributed by atoms with Gasteiger partial charge >= 0.3 is 10.8 Å². The van der Waals surface area contributed by atoms with Crippen LogP contribution in [0.3, 0.4) is 0 Å². The quantitative estimate of drug-likeness (QED) is 0.631. The Kier molecular flexibility index (Phi) is 6.77. The molecule has 0 bridgehead atoms. The minimum Gasteiger partial charge on any atom is -0.454 e. The van der Waals surface area contributed by atoms with Crippen LogP contribution in [0.2, 0.25) is 5.02 Å². The zero-order valence-electron chi connectivity index (χ0n) is 16.9. The van der Waals surface area contributed by atoms with E-state index in [1.54, 1.807) is 36.6 Å². The van der Waals surface area contributed by atoms with Crippen LogP contribution in [0.25, 0.3) is 0 Å². The van der Waals surface area contributed by atoms with Crippen LogP contribution >= 0.6 is 22.9 Å². The van der Waals surface area contributed by atoms with Crippen LogP contribution in [0.5, 0.6) is 0 Å². The van der Waals surface area contributed by atoms with Crippen molar-refractivity contribution in [3.8, 4) is 0 Å². The van der Waals surface area contributed by atoms with E-state index in [9.17, 15) is 19.2 Å². The van der Waals surface area contributed by atoms with Crippen LogP contribution in [0, 0.1) is 6.92 Å². The van der Waals surface area contributed by atoms with Gasteiger partial charge in [0.2, 0.25) is 0 Å². The minimum atomic E-state index is -1.18. The van der Waals surface area contributed by atoms with Crippen molar-refractivity contribution in [3.05, 3.63) is 55.6 Å². The summed E-state index contributed by atoms with van der Waals surface area (Å²) in [5.74, 6) is -1.28. The highest BCUT2D eigenvalue weighted by molar-refractivity contribution is 7.07. The van der Waals surface area contributed by atoms with Gasteiger partial charge in [0.25, 0.3) is 5.91 Å². The van der Waals surface area contributed by atoms with E-state index < -0.39 is 24.0 Å². The predicted molar refractivity (Wildman–Crippen MR) is 114 cm³/mol. The first-order valence-corrected chi connectivity index (χ1v) is 10.9. The highest BCUT2D eigenvalue weighted by atomic mass is 35.5. The van der Waals surface area contributed by atoms with Gasteiger partial charge in [-0.05, 0) is 32.3 Å². The highest BCUT2D eigenvalue weighted by Gasteiger charge is 2.47. The van der Waals surface area contributed by atoms with Crippen molar-refractivity contribution in [2.45, 2.75) is 44.7 Å². The molecule has 1 atom stereocenters. The minimum absolute atomic E-state index is 0.0792. The number of amides is 1. The molecular formula is C21H23ClN2O5S. The van der Waals surface area contributed by atoms with Crippen molar-refractivity contribution in [1.82, 2.24) is 9.47 Å². The van der Waals surface area contributed by atoms with Gasteiger partial charge in [-0.3, -0.25) is 23.7 Å². The fourth-order valence-electron chi connectivity index (χ4n) is 3.85. The lowest BCUT2D eigenvalue weighted by atomic mass is 9.74. The summed E-state index contributed by atoms with van der Waals surface area (Å²) < 4.78 is 6.40. The van der Waals surface area contributed by atoms with Crippen molar-refractivity contribution in [2.24, 2.45) is 0 Å². The Balaban J connectivity index is 1.76. The van der Waals surface area contributed by atoms with Gasteiger partial charge < -0.3 is 9.64 Å². The summed E-state index contributed by atoms with van der Waals surface area (Å²) in [5, 5.41) is 2.06. The largest absolute Gasteiger partial charge is 0.454 e. The average molecular weight is 451 g/mol. The van der Waals surface area contributed by atoms with Gasteiger partial charge in [-0.1, -0.05) is 41.1 Å². The maximum absolute atomic E-state index is 13.0. The second kappa shape index (κ2) is 9.14. The second-order valence-electron chi connectivity index (χ2n) is 7.31. The van der Waals surface area contributed by atoms with E-state index in [1.165, 1.54) is 16.5 Å². The molecule has 0 radical (unpaired) electrons. The maximum Gasteiger partial charge on any atom is 0.326 e. The summed E-state index contributed by atoms with van der Waals surface area (Å²) in [5.41, 5.74) is 0.0518. The number of aryl methyl sites for hydroxylation is 1. The molecule has 1 aromatic carbocycles. The topological polar surface area (TPSA) is 85.7 Å².